The summed E-state index contributed by atoms with van der Waals surface area (Å²) in [6.07, 6.45) is -10.5. The number of H-pyrrole nitrogens is 1. The molecule has 0 saturated carbocycles. The zero-order chi connectivity index (χ0) is 31.5. The lowest BCUT2D eigenvalue weighted by atomic mass is 9.96. The Balaban J connectivity index is 2.01. The lowest BCUT2D eigenvalue weighted by molar-refractivity contribution is -0.144. The molecule has 0 unspecified atom stereocenters. The van der Waals surface area contributed by atoms with E-state index < -0.39 is 41.2 Å². The van der Waals surface area contributed by atoms with Gasteiger partial charge in [-0.1, -0.05) is 12.1 Å². The predicted octanol–water partition coefficient (Wildman–Crippen LogP) is 7.96. The average Bonchev–Trinajstić information content (AvgIpc) is 3.30. The number of fused-ring (bicyclic) bond motifs is 1. The van der Waals surface area contributed by atoms with Crippen LogP contribution in [-0.2, 0) is 33.0 Å². The van der Waals surface area contributed by atoms with E-state index in [1.165, 1.54) is 19.2 Å². The fourth-order valence-corrected chi connectivity index (χ4v) is 4.48. The third-order valence-electron chi connectivity index (χ3n) is 6.28. The first-order valence-corrected chi connectivity index (χ1v) is 12.9. The molecule has 4 rings (SSSR count). The summed E-state index contributed by atoms with van der Waals surface area (Å²) in [5, 5.41) is 0.170. The van der Waals surface area contributed by atoms with E-state index in [-0.39, 0.29) is 53.7 Å². The molecule has 1 aromatic heterocycles. The number of methoxy groups -OCH3 is 1. The first kappa shape index (κ1) is 31.3. The molecule has 0 atom stereocenters. The zero-order valence-electron chi connectivity index (χ0n) is 23.0. The summed E-state index contributed by atoms with van der Waals surface area (Å²) in [6.45, 7) is 3.24. The number of aromatic amines is 1. The number of aromatic nitrogens is 1. The summed E-state index contributed by atoms with van der Waals surface area (Å²) < 4.78 is 102. The minimum atomic E-state index is -5.10. The van der Waals surface area contributed by atoms with Crippen molar-refractivity contribution in [2.45, 2.75) is 32.6 Å². The zero-order valence-corrected chi connectivity index (χ0v) is 23.0. The monoisotopic (exact) mass is 609 g/mol. The summed E-state index contributed by atoms with van der Waals surface area (Å²) in [4.78, 5) is 28.6. The molecular formula is C30H25F6NO6. The summed E-state index contributed by atoms with van der Waals surface area (Å²) in [6, 6.07) is 9.93. The molecular weight excluding hydrogens is 584 g/mol. The largest absolute Gasteiger partial charge is 0.497 e. The molecule has 228 valence electrons. The number of alkyl halides is 6. The van der Waals surface area contributed by atoms with Gasteiger partial charge < -0.3 is 23.9 Å². The number of carbonyl (C=O) groups excluding carboxylic acids is 2. The lowest BCUT2D eigenvalue weighted by Gasteiger charge is -2.17. The van der Waals surface area contributed by atoms with Crippen LogP contribution in [-0.4, -0.2) is 37.2 Å². The Morgan fingerprint density at radius 1 is 0.791 bits per heavy atom. The van der Waals surface area contributed by atoms with Crippen LogP contribution in [0.1, 0.15) is 41.0 Å². The SMILES string of the molecule is CCOC(=O)Cc1[nH]c2ccc(Oc3cc(C(F)(F)F)cc(C(F)(F)F)c3)c(-c3ccc(OC)cc3)c2c1C(=O)OCC. The van der Waals surface area contributed by atoms with Gasteiger partial charge in [-0.3, -0.25) is 4.79 Å². The maximum atomic E-state index is 13.5. The van der Waals surface area contributed by atoms with E-state index in [0.29, 0.717) is 29.0 Å². The van der Waals surface area contributed by atoms with Crippen molar-refractivity contribution in [1.29, 1.82) is 0 Å². The number of ether oxygens (including phenoxy) is 4. The standard InChI is InChI=1S/C30H25F6NO6/c1-4-41-24(38)15-22-27(28(39)42-5-2)26-21(37-22)10-11-23(25(26)16-6-8-19(40-3)9-7-16)43-20-13-17(29(31,32)33)12-18(14-20)30(34,35)36/h6-14,37H,4-5,15H2,1-3H3. The van der Waals surface area contributed by atoms with Crippen LogP contribution >= 0.6 is 0 Å². The second kappa shape index (κ2) is 12.3. The molecule has 0 aliphatic heterocycles. The number of nitrogens with one attached hydrogen (secondary N) is 1. The van der Waals surface area contributed by atoms with Gasteiger partial charge in [0.05, 0.1) is 43.4 Å². The van der Waals surface area contributed by atoms with Crippen LogP contribution in [0.2, 0.25) is 0 Å². The molecule has 0 fully saturated rings. The summed E-state index contributed by atoms with van der Waals surface area (Å²) in [5.74, 6) is -1.92. The fourth-order valence-electron chi connectivity index (χ4n) is 4.48. The molecule has 3 aromatic carbocycles. The molecule has 1 heterocycles. The van der Waals surface area contributed by atoms with Gasteiger partial charge in [-0.2, -0.15) is 26.3 Å². The number of benzene rings is 3. The average molecular weight is 610 g/mol. The van der Waals surface area contributed by atoms with Gasteiger partial charge in [0.1, 0.15) is 17.2 Å². The Kier molecular flexibility index (Phi) is 8.93. The van der Waals surface area contributed by atoms with E-state index in [9.17, 15) is 35.9 Å². The number of hydrogen-bond donors (Lipinski definition) is 1. The van der Waals surface area contributed by atoms with Crippen molar-refractivity contribution in [1.82, 2.24) is 4.98 Å². The van der Waals surface area contributed by atoms with Crippen molar-refractivity contribution in [3.63, 3.8) is 0 Å². The van der Waals surface area contributed by atoms with Gasteiger partial charge in [0, 0.05) is 22.2 Å². The highest BCUT2D eigenvalue weighted by Crippen LogP contribution is 2.44. The second-order valence-electron chi connectivity index (χ2n) is 9.11. The Morgan fingerprint density at radius 3 is 1.93 bits per heavy atom. The minimum absolute atomic E-state index is 0.00683. The number of rotatable bonds is 9. The van der Waals surface area contributed by atoms with Crippen LogP contribution in [0.15, 0.2) is 54.6 Å². The molecule has 0 aliphatic carbocycles. The molecule has 4 aromatic rings. The predicted molar refractivity (Wildman–Crippen MR) is 143 cm³/mol. The molecule has 0 spiro atoms. The number of esters is 2. The molecule has 13 heteroatoms. The van der Waals surface area contributed by atoms with E-state index in [4.69, 9.17) is 18.9 Å². The van der Waals surface area contributed by atoms with E-state index in [2.05, 4.69) is 4.98 Å². The Bertz CT molecular complexity index is 1610. The third-order valence-corrected chi connectivity index (χ3v) is 6.28. The van der Waals surface area contributed by atoms with Crippen LogP contribution in [0.4, 0.5) is 26.3 Å². The van der Waals surface area contributed by atoms with Gasteiger partial charge in [-0.25, -0.2) is 4.79 Å². The lowest BCUT2D eigenvalue weighted by Crippen LogP contribution is -2.13. The summed E-state index contributed by atoms with van der Waals surface area (Å²) >= 11 is 0. The third kappa shape index (κ3) is 6.87. The van der Waals surface area contributed by atoms with Crippen LogP contribution in [0, 0.1) is 0 Å². The van der Waals surface area contributed by atoms with Crippen LogP contribution in [0.5, 0.6) is 17.2 Å². The summed E-state index contributed by atoms with van der Waals surface area (Å²) in [5.41, 5.74) is -2.22. The number of hydrogen-bond acceptors (Lipinski definition) is 6. The Morgan fingerprint density at radius 2 is 1.40 bits per heavy atom. The highest BCUT2D eigenvalue weighted by molar-refractivity contribution is 6.13. The van der Waals surface area contributed by atoms with Gasteiger partial charge >= 0.3 is 24.3 Å². The summed E-state index contributed by atoms with van der Waals surface area (Å²) in [7, 11) is 1.43. The van der Waals surface area contributed by atoms with Gasteiger partial charge in [0.25, 0.3) is 0 Å². The number of carbonyl (C=O) groups is 2. The molecule has 1 N–H and O–H groups in total. The van der Waals surface area contributed by atoms with Gasteiger partial charge in [-0.15, -0.1) is 0 Å². The minimum Gasteiger partial charge on any atom is -0.497 e. The first-order valence-electron chi connectivity index (χ1n) is 12.9. The van der Waals surface area contributed by atoms with E-state index in [1.807, 2.05) is 0 Å². The first-order chi connectivity index (χ1) is 20.3. The maximum Gasteiger partial charge on any atom is 0.416 e. The van der Waals surface area contributed by atoms with Crippen molar-refractivity contribution in [2.75, 3.05) is 20.3 Å². The molecule has 43 heavy (non-hydrogen) atoms. The fraction of sp³-hybridized carbons (Fsp3) is 0.267. The molecule has 0 bridgehead atoms. The quantitative estimate of drug-likeness (QED) is 0.153. The Labute approximate surface area is 241 Å². The van der Waals surface area contributed by atoms with Crippen molar-refractivity contribution >= 4 is 22.8 Å². The van der Waals surface area contributed by atoms with E-state index >= 15 is 0 Å². The van der Waals surface area contributed by atoms with Crippen molar-refractivity contribution in [2.24, 2.45) is 0 Å². The topological polar surface area (TPSA) is 86.9 Å². The Hall–Kier alpha value is -4.68. The molecule has 0 saturated heterocycles. The molecule has 0 aliphatic rings. The van der Waals surface area contributed by atoms with Crippen LogP contribution in [0.25, 0.3) is 22.0 Å². The van der Waals surface area contributed by atoms with Crippen molar-refractivity contribution < 1.29 is 54.9 Å². The molecule has 7 nitrogen and oxygen atoms in total. The highest BCUT2D eigenvalue weighted by Gasteiger charge is 2.37. The van der Waals surface area contributed by atoms with Crippen molar-refractivity contribution in [3.05, 3.63) is 77.0 Å². The molecule has 0 amide bonds. The van der Waals surface area contributed by atoms with Gasteiger partial charge in [0.2, 0.25) is 0 Å². The number of halogens is 6. The van der Waals surface area contributed by atoms with Gasteiger partial charge in [0.15, 0.2) is 0 Å². The maximum absolute atomic E-state index is 13.5. The van der Waals surface area contributed by atoms with Gasteiger partial charge in [-0.05, 0) is 61.9 Å². The molecule has 0 radical (unpaired) electrons. The van der Waals surface area contributed by atoms with Crippen LogP contribution < -0.4 is 9.47 Å². The van der Waals surface area contributed by atoms with E-state index in [0.717, 1.165) is 0 Å². The van der Waals surface area contributed by atoms with Crippen molar-refractivity contribution in [3.8, 4) is 28.4 Å². The highest BCUT2D eigenvalue weighted by atomic mass is 19.4. The van der Waals surface area contributed by atoms with Crippen LogP contribution in [0.3, 0.4) is 0 Å². The second-order valence-corrected chi connectivity index (χ2v) is 9.11. The normalized spacial score (nSPS) is 11.8. The van der Waals surface area contributed by atoms with E-state index in [1.54, 1.807) is 38.1 Å². The smallest absolute Gasteiger partial charge is 0.416 e.